The first-order valence-corrected chi connectivity index (χ1v) is 5.92. The van der Waals surface area contributed by atoms with Gasteiger partial charge in [0.2, 0.25) is 0 Å². The normalized spacial score (nSPS) is 18.5. The van der Waals surface area contributed by atoms with E-state index in [9.17, 15) is 4.79 Å². The molecule has 1 heterocycles. The molecule has 3 rings (SSSR count). The van der Waals surface area contributed by atoms with Gasteiger partial charge in [-0.15, -0.1) is 0 Å². The minimum absolute atomic E-state index is 0.145. The van der Waals surface area contributed by atoms with Crippen LogP contribution in [-0.4, -0.2) is 5.91 Å². The largest absolute Gasteiger partial charge is 0.362 e. The molecule has 0 saturated carbocycles. The molecule has 1 unspecified atom stereocenters. The summed E-state index contributed by atoms with van der Waals surface area (Å²) in [6.45, 7) is 0. The molecule has 16 heavy (non-hydrogen) atoms. The van der Waals surface area contributed by atoms with E-state index in [1.807, 2.05) is 54.6 Å². The maximum absolute atomic E-state index is 12.1. The van der Waals surface area contributed by atoms with Crippen LogP contribution in [0.4, 0.5) is 5.69 Å². The van der Waals surface area contributed by atoms with Crippen molar-refractivity contribution >= 4 is 23.5 Å². The fraction of sp³-hybridized carbons (Fsp3) is 0. The highest BCUT2D eigenvalue weighted by Crippen LogP contribution is 2.24. The topological polar surface area (TPSA) is 21.5 Å². The average Bonchev–Trinajstić information content (AvgIpc) is 2.69. The standard InChI is InChI=1S/C13H9NOS/c15-13-11-8-4-5-9-12(11)16-14(13)10-6-2-1-3-7-10/h1-9H/p+1. The molecular formula is C13H10NOS+. The van der Waals surface area contributed by atoms with Crippen molar-refractivity contribution in [2.24, 2.45) is 0 Å². The zero-order chi connectivity index (χ0) is 11.0. The third-order valence-corrected chi connectivity index (χ3v) is 3.79. The molecule has 2 nitrogen and oxygen atoms in total. The Labute approximate surface area is 98.0 Å². The molecule has 0 aromatic heterocycles. The van der Waals surface area contributed by atoms with Crippen LogP contribution < -0.4 is 4.31 Å². The predicted molar refractivity (Wildman–Crippen MR) is 63.7 cm³/mol. The van der Waals surface area contributed by atoms with Gasteiger partial charge in [0, 0.05) is 12.1 Å². The fourth-order valence-corrected chi connectivity index (χ4v) is 2.90. The molecule has 0 radical (unpaired) electrons. The Balaban J connectivity index is 2.02. The third-order valence-electron chi connectivity index (χ3n) is 2.59. The lowest BCUT2D eigenvalue weighted by Gasteiger charge is -2.05. The summed E-state index contributed by atoms with van der Waals surface area (Å²) in [5.41, 5.74) is 1.83. The van der Waals surface area contributed by atoms with Gasteiger partial charge in [0.15, 0.2) is 5.69 Å². The van der Waals surface area contributed by atoms with Crippen molar-refractivity contribution in [1.82, 2.24) is 0 Å². The molecule has 0 bridgehead atoms. The third kappa shape index (κ3) is 1.45. The molecule has 0 aliphatic carbocycles. The lowest BCUT2D eigenvalue weighted by atomic mass is 10.2. The number of para-hydroxylation sites is 1. The molecule has 3 heteroatoms. The second kappa shape index (κ2) is 3.77. The van der Waals surface area contributed by atoms with Crippen molar-refractivity contribution in [3.63, 3.8) is 0 Å². The van der Waals surface area contributed by atoms with E-state index < -0.39 is 0 Å². The Hall–Kier alpha value is -1.58. The van der Waals surface area contributed by atoms with Gasteiger partial charge in [-0.05, 0) is 12.1 Å². The molecule has 1 amide bonds. The minimum Gasteiger partial charge on any atom is -0.224 e. The first kappa shape index (κ1) is 9.63. The Bertz CT molecular complexity index is 539. The summed E-state index contributed by atoms with van der Waals surface area (Å²) in [7, 11) is 0. The smallest absolute Gasteiger partial charge is 0.224 e. The lowest BCUT2D eigenvalue weighted by Crippen LogP contribution is -3.01. The van der Waals surface area contributed by atoms with E-state index in [0.29, 0.717) is 0 Å². The van der Waals surface area contributed by atoms with Crippen molar-refractivity contribution in [1.29, 1.82) is 0 Å². The number of carbonyl (C=O) groups is 1. The second-order valence-corrected chi connectivity index (χ2v) is 4.67. The molecular weight excluding hydrogens is 218 g/mol. The van der Waals surface area contributed by atoms with Crippen molar-refractivity contribution < 1.29 is 9.10 Å². The van der Waals surface area contributed by atoms with Gasteiger partial charge in [0.05, 0.1) is 10.5 Å². The van der Waals surface area contributed by atoms with Gasteiger partial charge in [0.25, 0.3) is 0 Å². The van der Waals surface area contributed by atoms with Crippen molar-refractivity contribution in [2.45, 2.75) is 4.90 Å². The first-order valence-electron chi connectivity index (χ1n) is 5.10. The Morgan fingerprint density at radius 3 is 2.31 bits per heavy atom. The van der Waals surface area contributed by atoms with Crippen LogP contribution in [0.5, 0.6) is 0 Å². The molecule has 78 valence electrons. The van der Waals surface area contributed by atoms with Gasteiger partial charge in [0.1, 0.15) is 11.9 Å². The van der Waals surface area contributed by atoms with Gasteiger partial charge in [-0.2, -0.15) is 4.31 Å². The van der Waals surface area contributed by atoms with Crippen LogP contribution in [0, 0.1) is 0 Å². The van der Waals surface area contributed by atoms with E-state index in [2.05, 4.69) is 0 Å². The number of fused-ring (bicyclic) bond motifs is 1. The maximum Gasteiger partial charge on any atom is 0.362 e. The number of hydrogen-bond acceptors (Lipinski definition) is 2. The molecule has 0 spiro atoms. The summed E-state index contributed by atoms with van der Waals surface area (Å²) < 4.78 is 0.835. The van der Waals surface area contributed by atoms with Gasteiger partial charge in [-0.3, -0.25) is 0 Å². The van der Waals surface area contributed by atoms with E-state index >= 15 is 0 Å². The van der Waals surface area contributed by atoms with Crippen LogP contribution in [-0.2, 0) is 0 Å². The Kier molecular flexibility index (Phi) is 2.27. The van der Waals surface area contributed by atoms with Crippen molar-refractivity contribution in [3.05, 3.63) is 60.2 Å². The van der Waals surface area contributed by atoms with Gasteiger partial charge in [-0.25, -0.2) is 4.79 Å². The average molecular weight is 228 g/mol. The quantitative estimate of drug-likeness (QED) is 0.754. The molecule has 2 aromatic carbocycles. The predicted octanol–water partition coefficient (Wildman–Crippen LogP) is 2.06. The number of rotatable bonds is 1. The Morgan fingerprint density at radius 1 is 0.875 bits per heavy atom. The summed E-state index contributed by atoms with van der Waals surface area (Å²) >= 11 is 1.56. The van der Waals surface area contributed by atoms with Crippen LogP contribution >= 0.6 is 11.9 Å². The number of benzene rings is 2. The number of nitrogens with one attached hydrogen (secondary N) is 1. The van der Waals surface area contributed by atoms with E-state index in [-0.39, 0.29) is 5.91 Å². The molecule has 1 aliphatic heterocycles. The molecule has 0 saturated heterocycles. The second-order valence-electron chi connectivity index (χ2n) is 3.62. The van der Waals surface area contributed by atoms with Gasteiger partial charge in [-0.1, -0.05) is 30.3 Å². The van der Waals surface area contributed by atoms with Crippen LogP contribution in [0.3, 0.4) is 0 Å². The van der Waals surface area contributed by atoms with Crippen molar-refractivity contribution in [2.75, 3.05) is 0 Å². The zero-order valence-electron chi connectivity index (χ0n) is 8.51. The number of amides is 1. The first-order chi connectivity index (χ1) is 7.86. The highest BCUT2D eigenvalue weighted by molar-refractivity contribution is 7.94. The SMILES string of the molecule is O=C1c2ccccc2S[NH+]1c1ccccc1. The highest BCUT2D eigenvalue weighted by atomic mass is 32.2. The van der Waals surface area contributed by atoms with E-state index in [4.69, 9.17) is 0 Å². The van der Waals surface area contributed by atoms with E-state index in [0.717, 1.165) is 20.5 Å². The van der Waals surface area contributed by atoms with Crippen LogP contribution in [0.2, 0.25) is 0 Å². The molecule has 1 aliphatic rings. The lowest BCUT2D eigenvalue weighted by molar-refractivity contribution is -0.571. The van der Waals surface area contributed by atoms with Crippen LogP contribution in [0.25, 0.3) is 0 Å². The van der Waals surface area contributed by atoms with Gasteiger partial charge >= 0.3 is 5.91 Å². The fourth-order valence-electron chi connectivity index (χ4n) is 1.80. The summed E-state index contributed by atoms with van der Waals surface area (Å²) in [5.74, 6) is 0.145. The molecule has 0 fully saturated rings. The number of carbonyl (C=O) groups excluding carboxylic acids is 1. The Morgan fingerprint density at radius 2 is 1.56 bits per heavy atom. The van der Waals surface area contributed by atoms with Crippen molar-refractivity contribution in [3.8, 4) is 0 Å². The summed E-state index contributed by atoms with van der Waals surface area (Å²) in [6.07, 6.45) is 0. The molecule has 1 atom stereocenters. The number of quaternary nitrogens is 1. The zero-order valence-corrected chi connectivity index (χ0v) is 9.33. The number of hydrogen-bond donors (Lipinski definition) is 1. The van der Waals surface area contributed by atoms with E-state index in [1.54, 1.807) is 11.9 Å². The van der Waals surface area contributed by atoms with Gasteiger partial charge < -0.3 is 0 Å². The summed E-state index contributed by atoms with van der Waals surface area (Å²) in [6, 6.07) is 17.6. The van der Waals surface area contributed by atoms with Crippen LogP contribution in [0.1, 0.15) is 10.4 Å². The molecule has 1 N–H and O–H groups in total. The summed E-state index contributed by atoms with van der Waals surface area (Å²) in [4.78, 5) is 13.2. The van der Waals surface area contributed by atoms with E-state index in [1.165, 1.54) is 0 Å². The maximum atomic E-state index is 12.1. The minimum atomic E-state index is 0.145. The monoisotopic (exact) mass is 228 g/mol. The molecule has 2 aromatic rings. The van der Waals surface area contributed by atoms with Crippen LogP contribution in [0.15, 0.2) is 59.5 Å². The highest BCUT2D eigenvalue weighted by Gasteiger charge is 2.36. The summed E-state index contributed by atoms with van der Waals surface area (Å²) in [5, 5.41) is 0.